The van der Waals surface area contributed by atoms with Crippen molar-refractivity contribution in [3.8, 4) is 0 Å². The predicted molar refractivity (Wildman–Crippen MR) is 61.9 cm³/mol. The van der Waals surface area contributed by atoms with Crippen molar-refractivity contribution < 1.29 is 4.79 Å². The van der Waals surface area contributed by atoms with Crippen LogP contribution >= 0.6 is 0 Å². The molecule has 0 radical (unpaired) electrons. The molecule has 0 amide bonds. The van der Waals surface area contributed by atoms with Gasteiger partial charge in [-0.15, -0.1) is 0 Å². The monoisotopic (exact) mass is 201 g/mol. The van der Waals surface area contributed by atoms with E-state index < -0.39 is 0 Å². The number of rotatable bonds is 4. The summed E-state index contributed by atoms with van der Waals surface area (Å²) in [6.07, 6.45) is 3.32. The van der Waals surface area contributed by atoms with Gasteiger partial charge in [0, 0.05) is 31.1 Å². The highest BCUT2D eigenvalue weighted by Crippen LogP contribution is 2.15. The number of hydrogen-bond acceptors (Lipinski definition) is 1. The van der Waals surface area contributed by atoms with Gasteiger partial charge in [0.05, 0.1) is 0 Å². The Morgan fingerprint density at radius 1 is 1.27 bits per heavy atom. The van der Waals surface area contributed by atoms with E-state index in [1.165, 1.54) is 10.9 Å². The molecule has 0 aliphatic carbocycles. The number of hydrogen-bond donors (Lipinski definition) is 0. The van der Waals surface area contributed by atoms with Gasteiger partial charge in [0.25, 0.3) is 0 Å². The molecular formula is C13H15NO. The van der Waals surface area contributed by atoms with Crippen LogP contribution in [-0.2, 0) is 11.3 Å². The standard InChI is InChI=1S/C13H15NO/c1-2-12(15)8-10-14-9-7-11-5-3-4-6-13(11)14/h3-7,9H,2,8,10H2,1H3. The first-order chi connectivity index (χ1) is 7.31. The van der Waals surface area contributed by atoms with Gasteiger partial charge in [-0.05, 0) is 17.5 Å². The van der Waals surface area contributed by atoms with Gasteiger partial charge >= 0.3 is 0 Å². The molecule has 0 N–H and O–H groups in total. The second kappa shape index (κ2) is 4.30. The van der Waals surface area contributed by atoms with E-state index in [1.54, 1.807) is 0 Å². The number of ketones is 1. The highest BCUT2D eigenvalue weighted by molar-refractivity contribution is 5.81. The Labute approximate surface area is 89.5 Å². The van der Waals surface area contributed by atoms with Crippen molar-refractivity contribution in [2.24, 2.45) is 0 Å². The Balaban J connectivity index is 2.18. The van der Waals surface area contributed by atoms with Gasteiger partial charge in [0.2, 0.25) is 0 Å². The number of para-hydroxylation sites is 1. The highest BCUT2D eigenvalue weighted by Gasteiger charge is 2.02. The van der Waals surface area contributed by atoms with E-state index in [9.17, 15) is 4.79 Å². The zero-order chi connectivity index (χ0) is 10.7. The maximum absolute atomic E-state index is 11.2. The molecule has 1 aromatic carbocycles. The fraction of sp³-hybridized carbons (Fsp3) is 0.308. The first-order valence-electron chi connectivity index (χ1n) is 5.37. The zero-order valence-electron chi connectivity index (χ0n) is 8.94. The van der Waals surface area contributed by atoms with E-state index in [1.807, 2.05) is 25.3 Å². The Kier molecular flexibility index (Phi) is 2.86. The van der Waals surface area contributed by atoms with Crippen LogP contribution in [0.2, 0.25) is 0 Å². The molecule has 2 heteroatoms. The third kappa shape index (κ3) is 2.09. The van der Waals surface area contributed by atoms with Crippen LogP contribution in [0.1, 0.15) is 19.8 Å². The minimum absolute atomic E-state index is 0.327. The van der Waals surface area contributed by atoms with Crippen molar-refractivity contribution in [2.45, 2.75) is 26.3 Å². The van der Waals surface area contributed by atoms with Crippen LogP contribution in [0.4, 0.5) is 0 Å². The van der Waals surface area contributed by atoms with E-state index in [-0.39, 0.29) is 0 Å². The summed E-state index contributed by atoms with van der Waals surface area (Å²) in [5.41, 5.74) is 1.21. The van der Waals surface area contributed by atoms with Crippen LogP contribution in [0.3, 0.4) is 0 Å². The molecule has 2 rings (SSSR count). The van der Waals surface area contributed by atoms with Gasteiger partial charge in [0.15, 0.2) is 0 Å². The van der Waals surface area contributed by atoms with E-state index in [2.05, 4.69) is 22.8 Å². The zero-order valence-corrected chi connectivity index (χ0v) is 8.94. The molecule has 15 heavy (non-hydrogen) atoms. The maximum atomic E-state index is 11.2. The minimum Gasteiger partial charge on any atom is -0.347 e. The molecular weight excluding hydrogens is 186 g/mol. The average molecular weight is 201 g/mol. The molecule has 0 saturated carbocycles. The topological polar surface area (TPSA) is 22.0 Å². The van der Waals surface area contributed by atoms with Crippen molar-refractivity contribution in [1.29, 1.82) is 0 Å². The molecule has 1 heterocycles. The van der Waals surface area contributed by atoms with Crippen LogP contribution in [0.5, 0.6) is 0 Å². The molecule has 0 fully saturated rings. The second-order valence-electron chi connectivity index (χ2n) is 3.71. The Morgan fingerprint density at radius 2 is 2.07 bits per heavy atom. The van der Waals surface area contributed by atoms with Crippen molar-refractivity contribution in [3.63, 3.8) is 0 Å². The molecule has 2 aromatic rings. The highest BCUT2D eigenvalue weighted by atomic mass is 16.1. The van der Waals surface area contributed by atoms with Crippen LogP contribution in [0, 0.1) is 0 Å². The molecule has 0 bridgehead atoms. The van der Waals surface area contributed by atoms with Gasteiger partial charge in [-0.3, -0.25) is 4.79 Å². The van der Waals surface area contributed by atoms with Crippen LogP contribution in [-0.4, -0.2) is 10.4 Å². The van der Waals surface area contributed by atoms with Gasteiger partial charge < -0.3 is 4.57 Å². The SMILES string of the molecule is CCC(=O)CCn1ccc2ccccc21. The van der Waals surface area contributed by atoms with Gasteiger partial charge in [-0.1, -0.05) is 25.1 Å². The van der Waals surface area contributed by atoms with Gasteiger partial charge in [-0.2, -0.15) is 0 Å². The van der Waals surface area contributed by atoms with E-state index in [4.69, 9.17) is 0 Å². The summed E-state index contributed by atoms with van der Waals surface area (Å²) in [5, 5.41) is 1.24. The number of aromatic nitrogens is 1. The Morgan fingerprint density at radius 3 is 2.87 bits per heavy atom. The number of aryl methyl sites for hydroxylation is 1. The molecule has 78 valence electrons. The first-order valence-corrected chi connectivity index (χ1v) is 5.37. The Bertz CT molecular complexity index is 470. The number of Topliss-reactive ketones (excluding diaryl/α,β-unsaturated/α-hetero) is 1. The number of benzene rings is 1. The van der Waals surface area contributed by atoms with E-state index in [0.717, 1.165) is 6.54 Å². The van der Waals surface area contributed by atoms with Gasteiger partial charge in [-0.25, -0.2) is 0 Å². The van der Waals surface area contributed by atoms with Crippen molar-refractivity contribution in [2.75, 3.05) is 0 Å². The number of carbonyl (C=O) groups is 1. The molecule has 0 saturated heterocycles. The average Bonchev–Trinajstić information content (AvgIpc) is 2.69. The lowest BCUT2D eigenvalue weighted by atomic mass is 10.2. The second-order valence-corrected chi connectivity index (χ2v) is 3.71. The van der Waals surface area contributed by atoms with Crippen LogP contribution in [0.15, 0.2) is 36.5 Å². The molecule has 0 unspecified atom stereocenters. The largest absolute Gasteiger partial charge is 0.347 e. The Hall–Kier alpha value is -1.57. The fourth-order valence-electron chi connectivity index (χ4n) is 1.76. The van der Waals surface area contributed by atoms with Gasteiger partial charge in [0.1, 0.15) is 5.78 Å². The van der Waals surface area contributed by atoms with Crippen molar-refractivity contribution >= 4 is 16.7 Å². The van der Waals surface area contributed by atoms with Crippen LogP contribution < -0.4 is 0 Å². The van der Waals surface area contributed by atoms with E-state index >= 15 is 0 Å². The fourth-order valence-corrected chi connectivity index (χ4v) is 1.76. The third-order valence-electron chi connectivity index (χ3n) is 2.71. The van der Waals surface area contributed by atoms with Crippen molar-refractivity contribution in [3.05, 3.63) is 36.5 Å². The number of nitrogens with zero attached hydrogens (tertiary/aromatic N) is 1. The smallest absolute Gasteiger partial charge is 0.134 e. The summed E-state index contributed by atoms with van der Waals surface area (Å²) in [4.78, 5) is 11.2. The lowest BCUT2D eigenvalue weighted by molar-refractivity contribution is -0.118. The molecule has 2 nitrogen and oxygen atoms in total. The lowest BCUT2D eigenvalue weighted by Crippen LogP contribution is -2.03. The summed E-state index contributed by atoms with van der Waals surface area (Å²) in [6.45, 7) is 2.70. The first kappa shape index (κ1) is 9.97. The number of fused-ring (bicyclic) bond motifs is 1. The third-order valence-corrected chi connectivity index (χ3v) is 2.71. The lowest BCUT2D eigenvalue weighted by Gasteiger charge is -2.03. The molecule has 0 aliphatic rings. The summed E-state index contributed by atoms with van der Waals surface area (Å²) in [7, 11) is 0. The predicted octanol–water partition coefficient (Wildman–Crippen LogP) is 3.01. The molecule has 1 aromatic heterocycles. The van der Waals surface area contributed by atoms with E-state index in [0.29, 0.717) is 18.6 Å². The van der Waals surface area contributed by atoms with Crippen molar-refractivity contribution in [1.82, 2.24) is 4.57 Å². The molecule has 0 spiro atoms. The quantitative estimate of drug-likeness (QED) is 0.745. The molecule has 0 aliphatic heterocycles. The minimum atomic E-state index is 0.327. The molecule has 0 atom stereocenters. The number of carbonyl (C=O) groups excluding carboxylic acids is 1. The summed E-state index contributed by atoms with van der Waals surface area (Å²) >= 11 is 0. The maximum Gasteiger partial charge on any atom is 0.134 e. The van der Waals surface area contributed by atoms with Crippen LogP contribution in [0.25, 0.3) is 10.9 Å². The summed E-state index contributed by atoms with van der Waals surface area (Å²) in [5.74, 6) is 0.327. The normalized spacial score (nSPS) is 10.7. The summed E-state index contributed by atoms with van der Waals surface area (Å²) in [6, 6.07) is 10.3. The summed E-state index contributed by atoms with van der Waals surface area (Å²) < 4.78 is 2.14.